The van der Waals surface area contributed by atoms with Crippen LogP contribution in [-0.2, 0) is 9.47 Å². The quantitative estimate of drug-likeness (QED) is 0.929. The minimum Gasteiger partial charge on any atom is -0.388 e. The van der Waals surface area contributed by atoms with Gasteiger partial charge < -0.3 is 19.5 Å². The van der Waals surface area contributed by atoms with E-state index in [1.807, 2.05) is 18.2 Å². The van der Waals surface area contributed by atoms with Crippen molar-refractivity contribution in [3.63, 3.8) is 0 Å². The number of carbonyl (C=O) groups excluding carboxylic acids is 1. The maximum atomic E-state index is 12.8. The van der Waals surface area contributed by atoms with Gasteiger partial charge in [-0.3, -0.25) is 4.79 Å². The van der Waals surface area contributed by atoms with Crippen LogP contribution in [0.3, 0.4) is 0 Å². The lowest BCUT2D eigenvalue weighted by molar-refractivity contribution is -0.0441. The molecular formula is C17H23NO4. The Morgan fingerprint density at radius 2 is 2.05 bits per heavy atom. The van der Waals surface area contributed by atoms with E-state index < -0.39 is 5.60 Å². The molecular weight excluding hydrogens is 282 g/mol. The number of likely N-dealkylation sites (tertiary alicyclic amines) is 1. The molecule has 1 aromatic carbocycles. The highest BCUT2D eigenvalue weighted by atomic mass is 16.7. The topological polar surface area (TPSA) is 59.0 Å². The number of hydrogen-bond acceptors (Lipinski definition) is 4. The van der Waals surface area contributed by atoms with Crippen LogP contribution in [0.1, 0.15) is 48.9 Å². The first-order valence-corrected chi connectivity index (χ1v) is 7.83. The first kappa shape index (κ1) is 15.5. The Bertz CT molecular complexity index is 546. The predicted molar refractivity (Wildman–Crippen MR) is 81.4 cm³/mol. The molecule has 0 spiro atoms. The fraction of sp³-hybridized carbons (Fsp3) is 0.588. The van der Waals surface area contributed by atoms with Crippen LogP contribution in [-0.4, -0.2) is 47.3 Å². The van der Waals surface area contributed by atoms with E-state index in [4.69, 9.17) is 9.47 Å². The zero-order chi connectivity index (χ0) is 15.7. The molecule has 1 aromatic rings. The van der Waals surface area contributed by atoms with Gasteiger partial charge in [0, 0.05) is 17.7 Å². The lowest BCUT2D eigenvalue weighted by Crippen LogP contribution is -2.48. The molecule has 5 heteroatoms. The van der Waals surface area contributed by atoms with E-state index in [0.717, 1.165) is 18.4 Å². The molecule has 2 heterocycles. The maximum absolute atomic E-state index is 12.8. The Hall–Kier alpha value is -1.43. The molecule has 120 valence electrons. The number of hydrogen-bond donors (Lipinski definition) is 1. The second-order valence-electron chi connectivity index (χ2n) is 6.51. The van der Waals surface area contributed by atoms with E-state index in [9.17, 15) is 9.90 Å². The van der Waals surface area contributed by atoms with Gasteiger partial charge in [0.2, 0.25) is 0 Å². The largest absolute Gasteiger partial charge is 0.388 e. The van der Waals surface area contributed by atoms with Crippen molar-refractivity contribution >= 4 is 5.91 Å². The molecule has 1 amide bonds. The average Bonchev–Trinajstić information content (AvgIpc) is 3.17. The van der Waals surface area contributed by atoms with Crippen LogP contribution in [0, 0.1) is 0 Å². The summed E-state index contributed by atoms with van der Waals surface area (Å²) in [6, 6.07) is 7.26. The summed E-state index contributed by atoms with van der Waals surface area (Å²) in [4.78, 5) is 14.6. The summed E-state index contributed by atoms with van der Waals surface area (Å²) in [5.41, 5.74) is 0.594. The highest BCUT2D eigenvalue weighted by molar-refractivity contribution is 5.94. The van der Waals surface area contributed by atoms with Crippen molar-refractivity contribution in [3.05, 3.63) is 35.4 Å². The minimum absolute atomic E-state index is 0.0375. The highest BCUT2D eigenvalue weighted by Crippen LogP contribution is 2.29. The fourth-order valence-electron chi connectivity index (χ4n) is 3.28. The molecule has 0 aromatic heterocycles. The van der Waals surface area contributed by atoms with E-state index in [2.05, 4.69) is 0 Å². The molecule has 0 saturated carbocycles. The normalized spacial score (nSPS) is 23.2. The Labute approximate surface area is 130 Å². The molecule has 5 nitrogen and oxygen atoms in total. The van der Waals surface area contributed by atoms with Crippen LogP contribution < -0.4 is 0 Å². The summed E-state index contributed by atoms with van der Waals surface area (Å²) in [5.74, 6) is -0.0375. The summed E-state index contributed by atoms with van der Waals surface area (Å²) in [6.07, 6.45) is 1.38. The molecule has 2 saturated heterocycles. The van der Waals surface area contributed by atoms with Crippen LogP contribution >= 0.6 is 0 Å². The molecule has 0 aliphatic carbocycles. The smallest absolute Gasteiger partial charge is 0.254 e. The van der Waals surface area contributed by atoms with E-state index in [1.54, 1.807) is 24.8 Å². The molecule has 0 unspecified atom stereocenters. The summed E-state index contributed by atoms with van der Waals surface area (Å²) in [7, 11) is 0. The van der Waals surface area contributed by atoms with Gasteiger partial charge in [-0.25, -0.2) is 0 Å². The number of carbonyl (C=O) groups is 1. The lowest BCUT2D eigenvalue weighted by atomic mass is 9.96. The van der Waals surface area contributed by atoms with Gasteiger partial charge >= 0.3 is 0 Å². The number of amides is 1. The molecule has 0 radical (unpaired) electrons. The van der Waals surface area contributed by atoms with Gasteiger partial charge in [0.1, 0.15) is 0 Å². The van der Waals surface area contributed by atoms with Crippen molar-refractivity contribution < 1.29 is 19.4 Å². The molecule has 1 atom stereocenters. The predicted octanol–water partition coefficient (Wildman–Crippen LogP) is 2.11. The maximum Gasteiger partial charge on any atom is 0.254 e. The van der Waals surface area contributed by atoms with E-state index in [0.29, 0.717) is 25.3 Å². The first-order chi connectivity index (χ1) is 10.5. The van der Waals surface area contributed by atoms with Crippen molar-refractivity contribution in [3.8, 4) is 0 Å². The number of benzene rings is 1. The third-order valence-corrected chi connectivity index (χ3v) is 4.36. The van der Waals surface area contributed by atoms with Crippen LogP contribution in [0.15, 0.2) is 24.3 Å². The standard InChI is InChI=1S/C17H23NO4/c1-17(2,20)14-7-4-8-18(14)15(19)12-5-3-6-13(11-12)16-21-9-10-22-16/h3,5-6,11,14,16,20H,4,7-10H2,1-2H3/t14-/m0/s1. The Morgan fingerprint density at radius 1 is 1.32 bits per heavy atom. The minimum atomic E-state index is -0.887. The summed E-state index contributed by atoms with van der Waals surface area (Å²) in [6.45, 7) is 5.37. The number of nitrogens with zero attached hydrogens (tertiary/aromatic N) is 1. The number of aliphatic hydroxyl groups is 1. The Kier molecular flexibility index (Phi) is 4.21. The van der Waals surface area contributed by atoms with Crippen LogP contribution in [0.4, 0.5) is 0 Å². The molecule has 1 N–H and O–H groups in total. The van der Waals surface area contributed by atoms with Gasteiger partial charge in [0.05, 0.1) is 24.9 Å². The van der Waals surface area contributed by atoms with Crippen molar-refractivity contribution in [1.29, 1.82) is 0 Å². The van der Waals surface area contributed by atoms with Crippen molar-refractivity contribution in [1.82, 2.24) is 4.90 Å². The van der Waals surface area contributed by atoms with E-state index >= 15 is 0 Å². The van der Waals surface area contributed by atoms with Crippen LogP contribution in [0.5, 0.6) is 0 Å². The van der Waals surface area contributed by atoms with Crippen molar-refractivity contribution in [2.24, 2.45) is 0 Å². The third-order valence-electron chi connectivity index (χ3n) is 4.36. The Morgan fingerprint density at radius 3 is 2.73 bits per heavy atom. The molecule has 2 aliphatic heterocycles. The summed E-state index contributed by atoms with van der Waals surface area (Å²) in [5, 5.41) is 10.3. The van der Waals surface area contributed by atoms with Gasteiger partial charge in [-0.15, -0.1) is 0 Å². The Balaban J connectivity index is 1.81. The van der Waals surface area contributed by atoms with Gasteiger partial charge in [0.15, 0.2) is 6.29 Å². The van der Waals surface area contributed by atoms with Gasteiger partial charge in [-0.05, 0) is 38.8 Å². The van der Waals surface area contributed by atoms with Gasteiger partial charge in [-0.1, -0.05) is 12.1 Å². The van der Waals surface area contributed by atoms with Crippen molar-refractivity contribution in [2.45, 2.75) is 44.6 Å². The summed E-state index contributed by atoms with van der Waals surface area (Å²) >= 11 is 0. The first-order valence-electron chi connectivity index (χ1n) is 7.83. The molecule has 2 aliphatic rings. The zero-order valence-electron chi connectivity index (χ0n) is 13.1. The zero-order valence-corrected chi connectivity index (χ0v) is 13.1. The SMILES string of the molecule is CC(C)(O)[C@@H]1CCCN1C(=O)c1cccc(C2OCCO2)c1. The van der Waals surface area contributed by atoms with E-state index in [-0.39, 0.29) is 18.2 Å². The number of rotatable bonds is 3. The van der Waals surface area contributed by atoms with Gasteiger partial charge in [-0.2, -0.15) is 0 Å². The molecule has 2 fully saturated rings. The molecule has 3 rings (SSSR count). The molecule has 22 heavy (non-hydrogen) atoms. The van der Waals surface area contributed by atoms with Crippen LogP contribution in [0.2, 0.25) is 0 Å². The second kappa shape index (κ2) is 5.99. The third kappa shape index (κ3) is 3.02. The van der Waals surface area contributed by atoms with Gasteiger partial charge in [0.25, 0.3) is 5.91 Å². The number of ether oxygens (including phenoxy) is 2. The fourth-order valence-corrected chi connectivity index (χ4v) is 3.28. The average molecular weight is 305 g/mol. The highest BCUT2D eigenvalue weighted by Gasteiger charge is 2.38. The second-order valence-corrected chi connectivity index (χ2v) is 6.51. The lowest BCUT2D eigenvalue weighted by Gasteiger charge is -2.34. The summed E-state index contributed by atoms with van der Waals surface area (Å²) < 4.78 is 11.0. The molecule has 0 bridgehead atoms. The van der Waals surface area contributed by atoms with E-state index in [1.165, 1.54) is 0 Å². The van der Waals surface area contributed by atoms with Crippen molar-refractivity contribution in [2.75, 3.05) is 19.8 Å². The monoisotopic (exact) mass is 305 g/mol. The van der Waals surface area contributed by atoms with Crippen LogP contribution in [0.25, 0.3) is 0 Å².